The fraction of sp³-hybridized carbons (Fsp3) is 0.560. The minimum Gasteiger partial charge on any atom is -0.478 e. The SMILES string of the molecule is CCC(C)(C)C(=O)OCC(OC(=O)CCSCC(C)(C)C(=O)OC)OC(=O)c1ccccc1C(=O)O. The predicted octanol–water partition coefficient (Wildman–Crippen LogP) is 3.71. The van der Waals surface area contributed by atoms with Crippen molar-refractivity contribution in [3.63, 3.8) is 0 Å². The summed E-state index contributed by atoms with van der Waals surface area (Å²) < 4.78 is 20.4. The number of carboxylic acids is 1. The van der Waals surface area contributed by atoms with E-state index in [0.717, 1.165) is 0 Å². The normalized spacial score (nSPS) is 12.3. The van der Waals surface area contributed by atoms with Crippen molar-refractivity contribution in [1.29, 1.82) is 0 Å². The molecule has 0 bridgehead atoms. The molecule has 11 heteroatoms. The number of esters is 4. The van der Waals surface area contributed by atoms with Gasteiger partial charge in [-0.3, -0.25) is 14.4 Å². The number of hydrogen-bond acceptors (Lipinski definition) is 10. The highest BCUT2D eigenvalue weighted by Crippen LogP contribution is 2.24. The summed E-state index contributed by atoms with van der Waals surface area (Å²) in [5, 5.41) is 9.32. The van der Waals surface area contributed by atoms with E-state index in [1.807, 2.05) is 0 Å². The standard InChI is InChI=1S/C25H34O10S/c1-7-24(2,3)23(31)33-14-19(35-21(29)17-11-9-8-10-16(17)20(27)28)34-18(26)12-13-36-15-25(4,5)22(30)32-6/h8-11,19H,7,12-15H2,1-6H3,(H,27,28). The van der Waals surface area contributed by atoms with E-state index in [2.05, 4.69) is 0 Å². The third kappa shape index (κ3) is 9.52. The second kappa shape index (κ2) is 13.9. The van der Waals surface area contributed by atoms with Crippen LogP contribution in [0.3, 0.4) is 0 Å². The van der Waals surface area contributed by atoms with Crippen LogP contribution in [0.5, 0.6) is 0 Å². The van der Waals surface area contributed by atoms with Crippen LogP contribution in [0.1, 0.15) is 68.2 Å². The Morgan fingerprint density at radius 2 is 1.56 bits per heavy atom. The lowest BCUT2D eigenvalue weighted by Crippen LogP contribution is -2.34. The van der Waals surface area contributed by atoms with Gasteiger partial charge in [0.15, 0.2) is 6.61 Å². The molecule has 0 aliphatic rings. The van der Waals surface area contributed by atoms with Crippen LogP contribution >= 0.6 is 11.8 Å². The maximum Gasteiger partial charge on any atom is 0.342 e. The highest BCUT2D eigenvalue weighted by atomic mass is 32.2. The van der Waals surface area contributed by atoms with Crippen LogP contribution in [0.4, 0.5) is 0 Å². The molecule has 0 saturated carbocycles. The summed E-state index contributed by atoms with van der Waals surface area (Å²) in [6.07, 6.45) is -1.17. The Morgan fingerprint density at radius 1 is 0.944 bits per heavy atom. The highest BCUT2D eigenvalue weighted by Gasteiger charge is 2.31. The molecule has 1 atom stereocenters. The smallest absolute Gasteiger partial charge is 0.342 e. The Labute approximate surface area is 215 Å². The number of carboxylic acid groups (broad SMARTS) is 1. The zero-order chi connectivity index (χ0) is 27.5. The first-order chi connectivity index (χ1) is 16.7. The molecular formula is C25H34O10S. The van der Waals surface area contributed by atoms with Gasteiger partial charge in [-0.25, -0.2) is 9.59 Å². The molecule has 0 aliphatic heterocycles. The third-order valence-corrected chi connectivity index (χ3v) is 6.74. The number of hydrogen-bond donors (Lipinski definition) is 1. The minimum absolute atomic E-state index is 0.0733. The predicted molar refractivity (Wildman–Crippen MR) is 131 cm³/mol. The molecule has 0 amide bonds. The second-order valence-electron chi connectivity index (χ2n) is 9.19. The van der Waals surface area contributed by atoms with Gasteiger partial charge < -0.3 is 24.1 Å². The number of carbonyl (C=O) groups excluding carboxylic acids is 4. The summed E-state index contributed by atoms with van der Waals surface area (Å²) in [6, 6.07) is 5.40. The number of benzene rings is 1. The first-order valence-corrected chi connectivity index (χ1v) is 12.5. The van der Waals surface area contributed by atoms with Gasteiger partial charge in [0.1, 0.15) is 0 Å². The van der Waals surface area contributed by atoms with Gasteiger partial charge in [0.25, 0.3) is 6.29 Å². The highest BCUT2D eigenvalue weighted by molar-refractivity contribution is 7.99. The van der Waals surface area contributed by atoms with Crippen LogP contribution in [0.2, 0.25) is 0 Å². The Hall–Kier alpha value is -3.08. The molecule has 1 rings (SSSR count). The fourth-order valence-corrected chi connectivity index (χ4v) is 3.71. The van der Waals surface area contributed by atoms with Crippen molar-refractivity contribution < 1.29 is 48.0 Å². The summed E-state index contributed by atoms with van der Waals surface area (Å²) in [5.41, 5.74) is -2.08. The maximum absolute atomic E-state index is 12.7. The van der Waals surface area contributed by atoms with Crippen molar-refractivity contribution in [3.05, 3.63) is 35.4 Å². The van der Waals surface area contributed by atoms with E-state index in [1.54, 1.807) is 34.6 Å². The van der Waals surface area contributed by atoms with Crippen molar-refractivity contribution in [2.45, 2.75) is 53.8 Å². The number of carbonyl (C=O) groups is 5. The van der Waals surface area contributed by atoms with Crippen LogP contribution in [-0.2, 0) is 33.3 Å². The summed E-state index contributed by atoms with van der Waals surface area (Å²) in [5.74, 6) is -3.35. The molecule has 0 aromatic heterocycles. The van der Waals surface area contributed by atoms with Crippen LogP contribution in [0, 0.1) is 10.8 Å². The molecular weight excluding hydrogens is 492 g/mol. The van der Waals surface area contributed by atoms with Gasteiger partial charge in [-0.1, -0.05) is 19.1 Å². The first kappa shape index (κ1) is 31.0. The fourth-order valence-electron chi connectivity index (χ4n) is 2.63. The van der Waals surface area contributed by atoms with E-state index in [4.69, 9.17) is 18.9 Å². The number of aromatic carboxylic acids is 1. The molecule has 0 aliphatic carbocycles. The number of ether oxygens (including phenoxy) is 4. The third-order valence-electron chi connectivity index (χ3n) is 5.32. The summed E-state index contributed by atoms with van der Waals surface area (Å²) in [6.45, 7) is 8.05. The number of thioether (sulfide) groups is 1. The molecule has 0 heterocycles. The lowest BCUT2D eigenvalue weighted by Gasteiger charge is -2.23. The molecule has 0 fully saturated rings. The van der Waals surface area contributed by atoms with Crippen molar-refractivity contribution in [3.8, 4) is 0 Å². The van der Waals surface area contributed by atoms with E-state index in [1.165, 1.54) is 43.1 Å². The zero-order valence-corrected chi connectivity index (χ0v) is 22.3. The monoisotopic (exact) mass is 526 g/mol. The van der Waals surface area contributed by atoms with Crippen molar-refractivity contribution >= 4 is 41.6 Å². The largest absolute Gasteiger partial charge is 0.478 e. The lowest BCUT2D eigenvalue weighted by molar-refractivity contribution is -0.186. The summed E-state index contributed by atoms with van der Waals surface area (Å²) in [4.78, 5) is 60.6. The molecule has 1 aromatic rings. The molecule has 0 spiro atoms. The zero-order valence-electron chi connectivity index (χ0n) is 21.5. The maximum atomic E-state index is 12.7. The van der Waals surface area contributed by atoms with Gasteiger partial charge in [0.2, 0.25) is 0 Å². The Bertz CT molecular complexity index is 954. The van der Waals surface area contributed by atoms with Gasteiger partial charge in [-0.2, -0.15) is 11.8 Å². The molecule has 36 heavy (non-hydrogen) atoms. The van der Waals surface area contributed by atoms with E-state index < -0.39 is 47.6 Å². The average molecular weight is 527 g/mol. The van der Waals surface area contributed by atoms with Crippen LogP contribution in [0.25, 0.3) is 0 Å². The number of rotatable bonds is 14. The Morgan fingerprint density at radius 3 is 2.11 bits per heavy atom. The first-order valence-electron chi connectivity index (χ1n) is 11.3. The van der Waals surface area contributed by atoms with Crippen molar-refractivity contribution in [1.82, 2.24) is 0 Å². The van der Waals surface area contributed by atoms with Gasteiger partial charge >= 0.3 is 29.8 Å². The van der Waals surface area contributed by atoms with Crippen molar-refractivity contribution in [2.24, 2.45) is 10.8 Å². The molecule has 10 nitrogen and oxygen atoms in total. The topological polar surface area (TPSA) is 142 Å². The number of methoxy groups -OCH3 is 1. The van der Waals surface area contributed by atoms with Crippen LogP contribution < -0.4 is 0 Å². The van der Waals surface area contributed by atoms with E-state index in [0.29, 0.717) is 17.9 Å². The summed E-state index contributed by atoms with van der Waals surface area (Å²) >= 11 is 1.34. The van der Waals surface area contributed by atoms with Gasteiger partial charge in [-0.15, -0.1) is 0 Å². The van der Waals surface area contributed by atoms with Gasteiger partial charge in [-0.05, 0) is 46.2 Å². The minimum atomic E-state index is -1.58. The van der Waals surface area contributed by atoms with Crippen molar-refractivity contribution in [2.75, 3.05) is 25.2 Å². The molecule has 1 aromatic carbocycles. The Balaban J connectivity index is 2.86. The summed E-state index contributed by atoms with van der Waals surface area (Å²) in [7, 11) is 1.30. The Kier molecular flexibility index (Phi) is 11.9. The quantitative estimate of drug-likeness (QED) is 0.164. The van der Waals surface area contributed by atoms with Crippen LogP contribution in [-0.4, -0.2) is 66.5 Å². The van der Waals surface area contributed by atoms with Gasteiger partial charge in [0, 0.05) is 11.5 Å². The lowest BCUT2D eigenvalue weighted by atomic mass is 9.91. The van der Waals surface area contributed by atoms with E-state index in [-0.39, 0.29) is 23.5 Å². The molecule has 1 N–H and O–H groups in total. The molecule has 0 saturated heterocycles. The second-order valence-corrected chi connectivity index (χ2v) is 10.3. The van der Waals surface area contributed by atoms with Crippen LogP contribution in [0.15, 0.2) is 24.3 Å². The molecule has 1 unspecified atom stereocenters. The van der Waals surface area contributed by atoms with E-state index >= 15 is 0 Å². The molecule has 0 radical (unpaired) electrons. The van der Waals surface area contributed by atoms with Gasteiger partial charge in [0.05, 0.1) is 35.5 Å². The van der Waals surface area contributed by atoms with E-state index in [9.17, 15) is 29.1 Å². The average Bonchev–Trinajstić information content (AvgIpc) is 2.84. The molecule has 200 valence electrons.